The molecular weight excluding hydrogens is 306 g/mol. The van der Waals surface area contributed by atoms with E-state index in [0.29, 0.717) is 25.0 Å². The first-order valence-electron chi connectivity index (χ1n) is 8.20. The van der Waals surface area contributed by atoms with E-state index in [-0.39, 0.29) is 5.91 Å². The lowest BCUT2D eigenvalue weighted by Crippen LogP contribution is -2.53. The van der Waals surface area contributed by atoms with Crippen molar-refractivity contribution in [2.45, 2.75) is 26.1 Å². The minimum Gasteiger partial charge on any atom is -0.348 e. The van der Waals surface area contributed by atoms with Gasteiger partial charge in [-0.3, -0.25) is 14.6 Å². The topological polar surface area (TPSA) is 90.0 Å². The fourth-order valence-electron chi connectivity index (χ4n) is 2.96. The molecule has 1 aromatic heterocycles. The van der Waals surface area contributed by atoms with Gasteiger partial charge in [0.05, 0.1) is 13.1 Å². The highest BCUT2D eigenvalue weighted by Gasteiger charge is 2.24. The monoisotopic (exact) mass is 329 g/mol. The van der Waals surface area contributed by atoms with Gasteiger partial charge in [-0.25, -0.2) is 0 Å². The molecule has 2 aromatic rings. The van der Waals surface area contributed by atoms with E-state index in [1.807, 2.05) is 6.07 Å². The molecular formula is C16H23N7O. The highest BCUT2D eigenvalue weighted by molar-refractivity contribution is 5.77. The molecule has 2 N–H and O–H groups in total. The van der Waals surface area contributed by atoms with Gasteiger partial charge in [0, 0.05) is 32.2 Å². The van der Waals surface area contributed by atoms with E-state index in [1.165, 1.54) is 5.56 Å². The van der Waals surface area contributed by atoms with E-state index in [4.69, 9.17) is 0 Å². The van der Waals surface area contributed by atoms with Crippen LogP contribution in [-0.4, -0.2) is 68.6 Å². The number of carbonyl (C=O) groups excluding carboxylic acids is 1. The Kier molecular flexibility index (Phi) is 5.50. The Labute approximate surface area is 141 Å². The zero-order valence-corrected chi connectivity index (χ0v) is 13.9. The van der Waals surface area contributed by atoms with Gasteiger partial charge in [0.2, 0.25) is 5.91 Å². The van der Waals surface area contributed by atoms with Crippen molar-refractivity contribution in [2.24, 2.45) is 0 Å². The van der Waals surface area contributed by atoms with E-state index in [1.54, 1.807) is 0 Å². The molecule has 1 atom stereocenters. The molecule has 128 valence electrons. The smallest absolute Gasteiger partial charge is 0.234 e. The molecule has 0 bridgehead atoms. The van der Waals surface area contributed by atoms with E-state index >= 15 is 0 Å². The van der Waals surface area contributed by atoms with Crippen molar-refractivity contribution in [3.63, 3.8) is 0 Å². The van der Waals surface area contributed by atoms with E-state index in [0.717, 1.165) is 26.2 Å². The average Bonchev–Trinajstić information content (AvgIpc) is 3.10. The molecule has 0 aliphatic carbocycles. The number of H-pyrrole nitrogens is 1. The first-order valence-corrected chi connectivity index (χ1v) is 8.20. The molecule has 2 heterocycles. The Morgan fingerprint density at radius 3 is 2.88 bits per heavy atom. The van der Waals surface area contributed by atoms with Gasteiger partial charge in [0.1, 0.15) is 0 Å². The van der Waals surface area contributed by atoms with Crippen molar-refractivity contribution >= 4 is 5.91 Å². The standard InChI is InChI=1S/C16H23N7O/c1-13-10-22(12-16(24)17-9-15-18-20-21-19-15)7-8-23(13)11-14-5-3-2-4-6-14/h2-6,13H,7-12H2,1H3,(H,17,24)(H,18,19,20,21)/t13-/m1/s1. The van der Waals surface area contributed by atoms with Crippen molar-refractivity contribution in [3.05, 3.63) is 41.7 Å². The summed E-state index contributed by atoms with van der Waals surface area (Å²) in [6.07, 6.45) is 0. The third-order valence-electron chi connectivity index (χ3n) is 4.28. The molecule has 1 amide bonds. The maximum Gasteiger partial charge on any atom is 0.234 e. The van der Waals surface area contributed by atoms with Gasteiger partial charge >= 0.3 is 0 Å². The number of hydrogen-bond donors (Lipinski definition) is 2. The summed E-state index contributed by atoms with van der Waals surface area (Å²) in [5.41, 5.74) is 1.33. The number of aromatic nitrogens is 4. The Bertz CT molecular complexity index is 631. The normalized spacial score (nSPS) is 19.3. The van der Waals surface area contributed by atoms with Gasteiger partial charge in [0.15, 0.2) is 5.82 Å². The molecule has 0 saturated carbocycles. The summed E-state index contributed by atoms with van der Waals surface area (Å²) in [6.45, 7) is 6.63. The second kappa shape index (κ2) is 7.98. The predicted octanol–water partition coefficient (Wildman–Crippen LogP) is 0.0222. The lowest BCUT2D eigenvalue weighted by atomic mass is 10.1. The Morgan fingerprint density at radius 1 is 1.33 bits per heavy atom. The maximum absolute atomic E-state index is 12.0. The summed E-state index contributed by atoms with van der Waals surface area (Å²) >= 11 is 0. The largest absolute Gasteiger partial charge is 0.348 e. The van der Waals surface area contributed by atoms with Gasteiger partial charge in [-0.15, -0.1) is 10.2 Å². The summed E-state index contributed by atoms with van der Waals surface area (Å²) in [6, 6.07) is 10.9. The molecule has 0 unspecified atom stereocenters. The molecule has 0 spiro atoms. The minimum atomic E-state index is -0.0106. The molecule has 8 nitrogen and oxygen atoms in total. The van der Waals surface area contributed by atoms with Crippen LogP contribution in [0, 0.1) is 0 Å². The number of rotatable bonds is 6. The first kappa shape index (κ1) is 16.5. The Morgan fingerprint density at radius 2 is 2.17 bits per heavy atom. The number of hydrogen-bond acceptors (Lipinski definition) is 6. The third-order valence-corrected chi connectivity index (χ3v) is 4.28. The Balaban J connectivity index is 1.42. The number of benzene rings is 1. The van der Waals surface area contributed by atoms with E-state index < -0.39 is 0 Å². The highest BCUT2D eigenvalue weighted by atomic mass is 16.2. The van der Waals surface area contributed by atoms with Crippen molar-refractivity contribution in [3.8, 4) is 0 Å². The molecule has 1 aliphatic rings. The number of amides is 1. The highest BCUT2D eigenvalue weighted by Crippen LogP contribution is 2.13. The lowest BCUT2D eigenvalue weighted by Gasteiger charge is -2.39. The van der Waals surface area contributed by atoms with Crippen molar-refractivity contribution in [2.75, 3.05) is 26.2 Å². The van der Waals surface area contributed by atoms with Crippen molar-refractivity contribution < 1.29 is 4.79 Å². The van der Waals surface area contributed by atoms with Crippen LogP contribution in [0.25, 0.3) is 0 Å². The number of tetrazole rings is 1. The Hall–Kier alpha value is -2.32. The maximum atomic E-state index is 12.0. The molecule has 1 fully saturated rings. The number of nitrogens with one attached hydrogen (secondary N) is 2. The van der Waals surface area contributed by atoms with Crippen molar-refractivity contribution in [1.29, 1.82) is 0 Å². The van der Waals surface area contributed by atoms with Crippen LogP contribution < -0.4 is 5.32 Å². The lowest BCUT2D eigenvalue weighted by molar-refractivity contribution is -0.123. The zero-order valence-electron chi connectivity index (χ0n) is 13.9. The van der Waals surface area contributed by atoms with Crippen LogP contribution in [0.1, 0.15) is 18.3 Å². The fraction of sp³-hybridized carbons (Fsp3) is 0.500. The second-order valence-corrected chi connectivity index (χ2v) is 6.14. The number of carbonyl (C=O) groups is 1. The van der Waals surface area contributed by atoms with Crippen LogP contribution in [0.3, 0.4) is 0 Å². The average molecular weight is 329 g/mol. The van der Waals surface area contributed by atoms with Crippen LogP contribution in [0.4, 0.5) is 0 Å². The van der Waals surface area contributed by atoms with Crippen LogP contribution in [0.2, 0.25) is 0 Å². The van der Waals surface area contributed by atoms with Gasteiger partial charge in [0.25, 0.3) is 0 Å². The van der Waals surface area contributed by atoms with E-state index in [2.05, 4.69) is 66.9 Å². The molecule has 8 heteroatoms. The quantitative estimate of drug-likeness (QED) is 0.777. The molecule has 24 heavy (non-hydrogen) atoms. The van der Waals surface area contributed by atoms with Gasteiger partial charge in [-0.1, -0.05) is 35.5 Å². The number of piperazine rings is 1. The predicted molar refractivity (Wildman–Crippen MR) is 88.8 cm³/mol. The van der Waals surface area contributed by atoms with Crippen LogP contribution in [0.5, 0.6) is 0 Å². The zero-order chi connectivity index (χ0) is 16.8. The van der Waals surface area contributed by atoms with Crippen LogP contribution >= 0.6 is 0 Å². The van der Waals surface area contributed by atoms with Crippen LogP contribution in [0.15, 0.2) is 30.3 Å². The van der Waals surface area contributed by atoms with Crippen molar-refractivity contribution in [1.82, 2.24) is 35.7 Å². The number of nitrogens with zero attached hydrogens (tertiary/aromatic N) is 5. The van der Waals surface area contributed by atoms with Crippen LogP contribution in [-0.2, 0) is 17.9 Å². The minimum absolute atomic E-state index is 0.0106. The summed E-state index contributed by atoms with van der Waals surface area (Å²) < 4.78 is 0. The fourth-order valence-corrected chi connectivity index (χ4v) is 2.96. The van der Waals surface area contributed by atoms with Gasteiger partial charge in [-0.05, 0) is 12.5 Å². The van der Waals surface area contributed by atoms with E-state index in [9.17, 15) is 4.79 Å². The summed E-state index contributed by atoms with van der Waals surface area (Å²) in [5.74, 6) is 0.480. The molecule has 1 aliphatic heterocycles. The molecule has 0 radical (unpaired) electrons. The molecule has 3 rings (SSSR count). The SMILES string of the molecule is C[C@@H]1CN(CC(=O)NCc2nn[nH]n2)CCN1Cc1ccccc1. The first-order chi connectivity index (χ1) is 11.7. The summed E-state index contributed by atoms with van der Waals surface area (Å²) in [5, 5.41) is 16.3. The third kappa shape index (κ3) is 4.59. The number of aromatic amines is 1. The second-order valence-electron chi connectivity index (χ2n) is 6.14. The summed E-state index contributed by atoms with van der Waals surface area (Å²) in [7, 11) is 0. The molecule has 1 aromatic carbocycles. The van der Waals surface area contributed by atoms with Gasteiger partial charge in [-0.2, -0.15) is 5.21 Å². The summed E-state index contributed by atoms with van der Waals surface area (Å²) in [4.78, 5) is 16.7. The molecule has 1 saturated heterocycles. The van der Waals surface area contributed by atoms with Gasteiger partial charge < -0.3 is 5.32 Å².